The molecule has 0 bridgehead atoms. The van der Waals surface area contributed by atoms with Crippen LogP contribution in [0.5, 0.6) is 0 Å². The van der Waals surface area contributed by atoms with Crippen molar-refractivity contribution in [2.24, 2.45) is 0 Å². The summed E-state index contributed by atoms with van der Waals surface area (Å²) >= 11 is 5.35. The Labute approximate surface area is 88.6 Å². The number of sulfone groups is 1. The van der Waals surface area contributed by atoms with Crippen molar-refractivity contribution < 1.29 is 21.6 Å². The quantitative estimate of drug-likeness (QED) is 0.777. The van der Waals surface area contributed by atoms with Gasteiger partial charge in [0.1, 0.15) is 0 Å². The predicted octanol–water partition coefficient (Wildman–Crippen LogP) is 2.55. The largest absolute Gasteiger partial charge is 0.501 e. The van der Waals surface area contributed by atoms with Crippen molar-refractivity contribution in [2.75, 3.05) is 0 Å². The number of benzene rings is 1. The summed E-state index contributed by atoms with van der Waals surface area (Å²) in [7, 11) is -5.38. The summed E-state index contributed by atoms with van der Waals surface area (Å²) < 4.78 is 58.0. The highest BCUT2D eigenvalue weighted by Gasteiger charge is 2.46. The summed E-state index contributed by atoms with van der Waals surface area (Å²) in [5.74, 6) is 0. The van der Waals surface area contributed by atoms with E-state index in [-0.39, 0.29) is 10.7 Å². The lowest BCUT2D eigenvalue weighted by atomic mass is 10.3. The molecule has 0 fully saturated rings. The Bertz CT molecular complexity index is 483. The Hall–Kier alpha value is -0.950. The minimum Gasteiger partial charge on any atom is -0.299 e. The summed E-state index contributed by atoms with van der Waals surface area (Å²) in [5.41, 5.74) is 1.47. The Morgan fingerprint density at radius 2 is 1.80 bits per heavy atom. The molecule has 3 nitrogen and oxygen atoms in total. The van der Waals surface area contributed by atoms with E-state index >= 15 is 0 Å². The molecule has 1 rings (SSSR count). The van der Waals surface area contributed by atoms with E-state index in [1.54, 1.807) is 0 Å². The van der Waals surface area contributed by atoms with Gasteiger partial charge in [-0.2, -0.15) is 13.2 Å². The molecule has 0 aliphatic heterocycles. The van der Waals surface area contributed by atoms with Crippen molar-refractivity contribution in [1.82, 2.24) is 5.73 Å². The lowest BCUT2D eigenvalue weighted by Crippen LogP contribution is -2.23. The molecule has 0 heterocycles. The fourth-order valence-electron chi connectivity index (χ4n) is 0.797. The SMILES string of the molecule is [NH]c1ccc(S(=O)(=O)C(F)(F)F)cc1Cl. The summed E-state index contributed by atoms with van der Waals surface area (Å²) in [6, 6.07) is 2.19. The van der Waals surface area contributed by atoms with E-state index < -0.39 is 20.2 Å². The fourth-order valence-corrected chi connectivity index (χ4v) is 1.83. The Kier molecular flexibility index (Phi) is 2.88. The van der Waals surface area contributed by atoms with E-state index in [4.69, 9.17) is 17.3 Å². The van der Waals surface area contributed by atoms with Gasteiger partial charge in [-0.3, -0.25) is 5.73 Å². The van der Waals surface area contributed by atoms with Crippen LogP contribution in [0.4, 0.5) is 18.9 Å². The molecule has 1 radical (unpaired) electrons. The van der Waals surface area contributed by atoms with Gasteiger partial charge in [-0.25, -0.2) is 8.42 Å². The maximum absolute atomic E-state index is 12.1. The van der Waals surface area contributed by atoms with Gasteiger partial charge in [0, 0.05) is 0 Å². The maximum atomic E-state index is 12.1. The third-order valence-electron chi connectivity index (χ3n) is 1.56. The minimum absolute atomic E-state index is 0.238. The van der Waals surface area contributed by atoms with Gasteiger partial charge in [0.15, 0.2) is 0 Å². The highest BCUT2D eigenvalue weighted by Crippen LogP contribution is 2.32. The standard InChI is InChI=1S/C7H4ClF3NO2S/c8-5-3-4(1-2-6(5)12)15(13,14)7(9,10)11/h1-3,12H. The number of alkyl halides is 3. The Balaban J connectivity index is 3.36. The van der Waals surface area contributed by atoms with Gasteiger partial charge in [0.2, 0.25) is 0 Å². The molecular weight excluding hydrogens is 255 g/mol. The first-order valence-electron chi connectivity index (χ1n) is 3.49. The molecular formula is C7H4ClF3NO2S. The number of rotatable bonds is 1. The van der Waals surface area contributed by atoms with Crippen molar-refractivity contribution in [3.8, 4) is 0 Å². The molecule has 15 heavy (non-hydrogen) atoms. The normalized spacial score (nSPS) is 12.8. The van der Waals surface area contributed by atoms with E-state index in [1.165, 1.54) is 0 Å². The first-order valence-corrected chi connectivity index (χ1v) is 5.35. The Morgan fingerprint density at radius 1 is 1.27 bits per heavy atom. The van der Waals surface area contributed by atoms with Crippen LogP contribution in [0.3, 0.4) is 0 Å². The van der Waals surface area contributed by atoms with Crippen LogP contribution < -0.4 is 5.73 Å². The molecule has 1 aromatic carbocycles. The number of hydrogen-bond acceptors (Lipinski definition) is 2. The van der Waals surface area contributed by atoms with Gasteiger partial charge in [0.05, 0.1) is 15.6 Å². The van der Waals surface area contributed by atoms with Gasteiger partial charge in [-0.15, -0.1) is 0 Å². The average molecular weight is 259 g/mol. The highest BCUT2D eigenvalue weighted by atomic mass is 35.5. The second-order valence-electron chi connectivity index (χ2n) is 2.59. The lowest BCUT2D eigenvalue weighted by molar-refractivity contribution is -0.0436. The molecule has 1 N–H and O–H groups in total. The summed E-state index contributed by atoms with van der Waals surface area (Å²) in [6.07, 6.45) is 0. The van der Waals surface area contributed by atoms with Gasteiger partial charge in [0.25, 0.3) is 9.84 Å². The van der Waals surface area contributed by atoms with Crippen LogP contribution in [0.25, 0.3) is 0 Å². The Morgan fingerprint density at radius 3 is 2.20 bits per heavy atom. The number of hydrogen-bond donors (Lipinski definition) is 0. The van der Waals surface area contributed by atoms with Crippen molar-refractivity contribution in [3.63, 3.8) is 0 Å². The van der Waals surface area contributed by atoms with E-state index in [2.05, 4.69) is 0 Å². The highest BCUT2D eigenvalue weighted by molar-refractivity contribution is 7.92. The van der Waals surface area contributed by atoms with Crippen molar-refractivity contribution >= 4 is 27.1 Å². The molecule has 0 spiro atoms. The van der Waals surface area contributed by atoms with Crippen LogP contribution in [-0.4, -0.2) is 13.9 Å². The zero-order chi connectivity index (χ0) is 11.9. The summed E-state index contributed by atoms with van der Waals surface area (Å²) in [5, 5.41) is -0.347. The number of nitrogens with one attached hydrogen (secondary N) is 1. The van der Waals surface area contributed by atoms with Crippen LogP contribution in [0.2, 0.25) is 5.02 Å². The van der Waals surface area contributed by atoms with E-state index in [9.17, 15) is 21.6 Å². The molecule has 0 aliphatic carbocycles. The second kappa shape index (κ2) is 3.57. The zero-order valence-corrected chi connectivity index (χ0v) is 8.54. The molecule has 0 aliphatic rings. The molecule has 1 aromatic rings. The molecule has 0 amide bonds. The first-order chi connectivity index (χ1) is 6.66. The molecule has 8 heteroatoms. The third kappa shape index (κ3) is 2.18. The van der Waals surface area contributed by atoms with Gasteiger partial charge < -0.3 is 0 Å². The van der Waals surface area contributed by atoms with Gasteiger partial charge >= 0.3 is 5.51 Å². The molecule has 0 unspecified atom stereocenters. The summed E-state index contributed by atoms with van der Waals surface area (Å²) in [6.45, 7) is 0. The molecule has 0 aromatic heterocycles. The van der Waals surface area contributed by atoms with Crippen LogP contribution in [-0.2, 0) is 9.84 Å². The van der Waals surface area contributed by atoms with E-state index in [0.717, 1.165) is 6.07 Å². The van der Waals surface area contributed by atoms with Crippen LogP contribution >= 0.6 is 11.6 Å². The van der Waals surface area contributed by atoms with E-state index in [0.29, 0.717) is 12.1 Å². The lowest BCUT2D eigenvalue weighted by Gasteiger charge is -2.08. The molecule has 0 saturated heterocycles. The summed E-state index contributed by atoms with van der Waals surface area (Å²) in [4.78, 5) is -0.962. The third-order valence-corrected chi connectivity index (χ3v) is 3.35. The second-order valence-corrected chi connectivity index (χ2v) is 4.94. The molecule has 0 saturated carbocycles. The smallest absolute Gasteiger partial charge is 0.299 e. The first kappa shape index (κ1) is 12.1. The van der Waals surface area contributed by atoms with Crippen LogP contribution in [0, 0.1) is 0 Å². The van der Waals surface area contributed by atoms with E-state index in [1.807, 2.05) is 0 Å². The van der Waals surface area contributed by atoms with Crippen LogP contribution in [0.1, 0.15) is 0 Å². The van der Waals surface area contributed by atoms with Crippen molar-refractivity contribution in [3.05, 3.63) is 23.2 Å². The average Bonchev–Trinajstić information content (AvgIpc) is 2.07. The topological polar surface area (TPSA) is 57.9 Å². The monoisotopic (exact) mass is 258 g/mol. The minimum atomic E-state index is -5.38. The maximum Gasteiger partial charge on any atom is 0.501 e. The van der Waals surface area contributed by atoms with Crippen LogP contribution in [0.15, 0.2) is 23.1 Å². The van der Waals surface area contributed by atoms with Gasteiger partial charge in [-0.05, 0) is 18.2 Å². The number of halogens is 4. The van der Waals surface area contributed by atoms with Crippen molar-refractivity contribution in [1.29, 1.82) is 0 Å². The molecule has 83 valence electrons. The van der Waals surface area contributed by atoms with Crippen molar-refractivity contribution in [2.45, 2.75) is 10.4 Å². The van der Waals surface area contributed by atoms with Gasteiger partial charge in [-0.1, -0.05) is 11.6 Å². The predicted molar refractivity (Wildman–Crippen MR) is 47.4 cm³/mol. The fraction of sp³-hybridized carbons (Fsp3) is 0.143. The zero-order valence-electron chi connectivity index (χ0n) is 6.97. The molecule has 0 atom stereocenters.